The molecule has 126 valence electrons. The Balaban J connectivity index is 1.34. The Bertz CT molecular complexity index is 687. The molecule has 0 aromatic carbocycles. The van der Waals surface area contributed by atoms with Crippen molar-refractivity contribution >= 4 is 5.91 Å². The zero-order valence-electron chi connectivity index (χ0n) is 13.7. The van der Waals surface area contributed by atoms with Crippen molar-refractivity contribution < 1.29 is 4.79 Å². The van der Waals surface area contributed by atoms with Crippen LogP contribution in [-0.4, -0.2) is 32.5 Å². The van der Waals surface area contributed by atoms with E-state index >= 15 is 0 Å². The second-order valence-electron chi connectivity index (χ2n) is 6.91. The van der Waals surface area contributed by atoms with Crippen molar-refractivity contribution in [3.8, 4) is 5.82 Å². The van der Waals surface area contributed by atoms with E-state index in [1.807, 2.05) is 22.9 Å². The maximum absolute atomic E-state index is 12.3. The lowest BCUT2D eigenvalue weighted by Gasteiger charge is -2.28. The molecule has 24 heavy (non-hydrogen) atoms. The summed E-state index contributed by atoms with van der Waals surface area (Å²) in [6.07, 6.45) is 12.5. The van der Waals surface area contributed by atoms with Gasteiger partial charge in [0.05, 0.1) is 0 Å². The van der Waals surface area contributed by atoms with Gasteiger partial charge >= 0.3 is 0 Å². The van der Waals surface area contributed by atoms with Crippen molar-refractivity contribution in [3.63, 3.8) is 0 Å². The molecule has 6 nitrogen and oxygen atoms in total. The molecule has 2 saturated heterocycles. The largest absolute Gasteiger partial charge is 0.352 e. The van der Waals surface area contributed by atoms with Crippen LogP contribution < -0.4 is 10.6 Å². The van der Waals surface area contributed by atoms with E-state index in [0.717, 1.165) is 24.2 Å². The van der Waals surface area contributed by atoms with Crippen molar-refractivity contribution in [1.29, 1.82) is 0 Å². The normalized spacial score (nSPS) is 25.6. The van der Waals surface area contributed by atoms with Gasteiger partial charge in [0.2, 0.25) is 5.91 Å². The number of fused-ring (bicyclic) bond motifs is 2. The number of nitrogens with zero attached hydrogens (tertiary/aromatic N) is 3. The van der Waals surface area contributed by atoms with E-state index in [1.54, 1.807) is 18.7 Å². The van der Waals surface area contributed by atoms with E-state index in [2.05, 4.69) is 20.6 Å². The first-order valence-corrected chi connectivity index (χ1v) is 8.73. The molecule has 2 aliphatic rings. The molecule has 2 N–H and O–H groups in total. The zero-order valence-corrected chi connectivity index (χ0v) is 13.7. The van der Waals surface area contributed by atoms with Gasteiger partial charge in [-0.3, -0.25) is 9.36 Å². The molecule has 2 aromatic rings. The standard InChI is InChI=1S/C18H23N5O/c24-17(10-13-8-15-3-4-16(9-13)22-15)21-11-14-2-1-5-20-18(14)23-7-6-19-12-23/h1-2,5-7,12-13,15-16,22H,3-4,8-11H2,(H,21,24). The molecule has 2 bridgehead atoms. The van der Waals surface area contributed by atoms with Crippen LogP contribution >= 0.6 is 0 Å². The number of rotatable bonds is 5. The lowest BCUT2D eigenvalue weighted by atomic mass is 9.89. The zero-order chi connectivity index (χ0) is 16.4. The Morgan fingerprint density at radius 2 is 2.12 bits per heavy atom. The van der Waals surface area contributed by atoms with Gasteiger partial charge < -0.3 is 10.6 Å². The minimum atomic E-state index is 0.140. The third-order valence-corrected chi connectivity index (χ3v) is 5.14. The number of nitrogens with one attached hydrogen (secondary N) is 2. The van der Waals surface area contributed by atoms with Gasteiger partial charge in [-0.25, -0.2) is 9.97 Å². The smallest absolute Gasteiger partial charge is 0.220 e. The second kappa shape index (κ2) is 6.73. The molecular formula is C18H23N5O. The Morgan fingerprint density at radius 3 is 2.88 bits per heavy atom. The van der Waals surface area contributed by atoms with Crippen LogP contribution in [0.1, 0.15) is 37.7 Å². The van der Waals surface area contributed by atoms with Gasteiger partial charge in [0.1, 0.15) is 12.1 Å². The summed E-state index contributed by atoms with van der Waals surface area (Å²) in [5.41, 5.74) is 0.995. The number of hydrogen-bond acceptors (Lipinski definition) is 4. The van der Waals surface area contributed by atoms with Crippen molar-refractivity contribution in [2.75, 3.05) is 0 Å². The fraction of sp³-hybridized carbons (Fsp3) is 0.500. The summed E-state index contributed by atoms with van der Waals surface area (Å²) in [4.78, 5) is 20.8. The molecule has 4 heterocycles. The van der Waals surface area contributed by atoms with Crippen molar-refractivity contribution in [3.05, 3.63) is 42.6 Å². The quantitative estimate of drug-likeness (QED) is 0.879. The molecule has 2 unspecified atom stereocenters. The first-order chi connectivity index (χ1) is 11.8. The van der Waals surface area contributed by atoms with E-state index in [4.69, 9.17) is 0 Å². The molecule has 0 saturated carbocycles. The highest BCUT2D eigenvalue weighted by atomic mass is 16.1. The summed E-state index contributed by atoms with van der Waals surface area (Å²) in [5.74, 6) is 1.47. The van der Waals surface area contributed by atoms with Crippen LogP contribution in [0.25, 0.3) is 5.82 Å². The van der Waals surface area contributed by atoms with Crippen LogP contribution in [0, 0.1) is 5.92 Å². The minimum Gasteiger partial charge on any atom is -0.352 e. The summed E-state index contributed by atoms with van der Waals surface area (Å²) in [6, 6.07) is 5.15. The predicted octanol–water partition coefficient (Wildman–Crippen LogP) is 1.80. The lowest BCUT2D eigenvalue weighted by Crippen LogP contribution is -2.39. The molecule has 6 heteroatoms. The topological polar surface area (TPSA) is 71.8 Å². The Labute approximate surface area is 141 Å². The van der Waals surface area contributed by atoms with Gasteiger partial charge in [0, 0.05) is 49.2 Å². The second-order valence-corrected chi connectivity index (χ2v) is 6.91. The average molecular weight is 325 g/mol. The van der Waals surface area contributed by atoms with E-state index in [-0.39, 0.29) is 5.91 Å². The third-order valence-electron chi connectivity index (χ3n) is 5.14. The van der Waals surface area contributed by atoms with Gasteiger partial charge in [0.25, 0.3) is 0 Å². The SMILES string of the molecule is O=C(CC1CC2CCC(C1)N2)NCc1cccnc1-n1ccnc1. The van der Waals surface area contributed by atoms with E-state index in [0.29, 0.717) is 31.0 Å². The summed E-state index contributed by atoms with van der Waals surface area (Å²) >= 11 is 0. The molecule has 2 aromatic heterocycles. The summed E-state index contributed by atoms with van der Waals surface area (Å²) in [7, 11) is 0. The first kappa shape index (κ1) is 15.3. The highest BCUT2D eigenvalue weighted by molar-refractivity contribution is 5.76. The Kier molecular flexibility index (Phi) is 4.30. The molecule has 0 radical (unpaired) electrons. The van der Waals surface area contributed by atoms with Crippen LogP contribution in [0.5, 0.6) is 0 Å². The van der Waals surface area contributed by atoms with Gasteiger partial charge in [-0.15, -0.1) is 0 Å². The van der Waals surface area contributed by atoms with Crippen LogP contribution in [-0.2, 0) is 11.3 Å². The van der Waals surface area contributed by atoms with E-state index in [9.17, 15) is 4.79 Å². The monoisotopic (exact) mass is 325 g/mol. The predicted molar refractivity (Wildman–Crippen MR) is 90.5 cm³/mol. The molecule has 2 aliphatic heterocycles. The number of aromatic nitrogens is 3. The van der Waals surface area contributed by atoms with Gasteiger partial charge in [-0.05, 0) is 37.7 Å². The van der Waals surface area contributed by atoms with Crippen molar-refractivity contribution in [2.45, 2.75) is 50.7 Å². The highest BCUT2D eigenvalue weighted by Gasteiger charge is 2.34. The number of carbonyl (C=O) groups excluding carboxylic acids is 1. The third kappa shape index (κ3) is 3.33. The van der Waals surface area contributed by atoms with Crippen LogP contribution in [0.2, 0.25) is 0 Å². The molecule has 4 rings (SSSR count). The maximum Gasteiger partial charge on any atom is 0.220 e. The first-order valence-electron chi connectivity index (χ1n) is 8.73. The van der Waals surface area contributed by atoms with Gasteiger partial charge in [-0.1, -0.05) is 6.07 Å². The number of piperidine rings is 1. The van der Waals surface area contributed by atoms with Crippen LogP contribution in [0.3, 0.4) is 0 Å². The molecular weight excluding hydrogens is 302 g/mol. The highest BCUT2D eigenvalue weighted by Crippen LogP contribution is 2.32. The van der Waals surface area contributed by atoms with E-state index < -0.39 is 0 Å². The molecule has 0 spiro atoms. The Hall–Kier alpha value is -2.21. The fourth-order valence-electron chi connectivity index (χ4n) is 4.06. The van der Waals surface area contributed by atoms with E-state index in [1.165, 1.54) is 12.8 Å². The molecule has 1 amide bonds. The summed E-state index contributed by atoms with van der Waals surface area (Å²) in [5, 5.41) is 6.69. The van der Waals surface area contributed by atoms with Crippen molar-refractivity contribution in [2.24, 2.45) is 5.92 Å². The molecule has 2 atom stereocenters. The molecule has 0 aliphatic carbocycles. The molecule has 2 fully saturated rings. The summed E-state index contributed by atoms with van der Waals surface area (Å²) < 4.78 is 1.87. The minimum absolute atomic E-state index is 0.140. The van der Waals surface area contributed by atoms with Crippen LogP contribution in [0.15, 0.2) is 37.1 Å². The lowest BCUT2D eigenvalue weighted by molar-refractivity contribution is -0.122. The average Bonchev–Trinajstić information content (AvgIpc) is 3.23. The number of imidazole rings is 1. The summed E-state index contributed by atoms with van der Waals surface area (Å²) in [6.45, 7) is 0.498. The number of amides is 1. The number of carbonyl (C=O) groups is 1. The number of pyridine rings is 1. The fourth-order valence-corrected chi connectivity index (χ4v) is 4.06. The van der Waals surface area contributed by atoms with Gasteiger partial charge in [0.15, 0.2) is 0 Å². The van der Waals surface area contributed by atoms with Crippen LogP contribution in [0.4, 0.5) is 0 Å². The van der Waals surface area contributed by atoms with Crippen molar-refractivity contribution in [1.82, 2.24) is 25.2 Å². The number of hydrogen-bond donors (Lipinski definition) is 2. The maximum atomic E-state index is 12.3. The Morgan fingerprint density at radius 1 is 1.29 bits per heavy atom. The van der Waals surface area contributed by atoms with Gasteiger partial charge in [-0.2, -0.15) is 0 Å².